The highest BCUT2D eigenvalue weighted by atomic mass is 32.1. The summed E-state index contributed by atoms with van der Waals surface area (Å²) >= 11 is 1.64. The third kappa shape index (κ3) is 2.73. The molecule has 0 aliphatic rings. The molecule has 0 amide bonds. The maximum Gasteiger partial charge on any atom is 0.162 e. The molecule has 0 bridgehead atoms. The number of rotatable bonds is 6. The second-order valence-electron chi connectivity index (χ2n) is 4.17. The van der Waals surface area contributed by atoms with Gasteiger partial charge in [-0.05, 0) is 28.8 Å². The molecule has 18 heavy (non-hydrogen) atoms. The summed E-state index contributed by atoms with van der Waals surface area (Å²) in [4.78, 5) is 0. The fraction of sp³-hybridized carbons (Fsp3) is 0.462. The van der Waals surface area contributed by atoms with Gasteiger partial charge in [0.1, 0.15) is 11.8 Å². The van der Waals surface area contributed by atoms with Gasteiger partial charge in [-0.1, -0.05) is 6.92 Å². The number of nitrogens with zero attached hydrogens (tertiary/aromatic N) is 2. The zero-order valence-corrected chi connectivity index (χ0v) is 11.5. The van der Waals surface area contributed by atoms with Crippen LogP contribution < -0.4 is 4.74 Å². The van der Waals surface area contributed by atoms with Crippen LogP contribution in [0, 0.1) is 0 Å². The van der Waals surface area contributed by atoms with E-state index in [4.69, 9.17) is 4.74 Å². The molecule has 5 heteroatoms. The van der Waals surface area contributed by atoms with Crippen molar-refractivity contribution in [3.63, 3.8) is 0 Å². The monoisotopic (exact) mass is 266 g/mol. The lowest BCUT2D eigenvalue weighted by Crippen LogP contribution is -2.11. The molecule has 0 aliphatic heterocycles. The Morgan fingerprint density at radius 1 is 1.56 bits per heavy atom. The molecule has 0 radical (unpaired) electrons. The Labute approximate surface area is 111 Å². The Balaban J connectivity index is 2.21. The van der Waals surface area contributed by atoms with Crippen LogP contribution in [0.1, 0.15) is 30.7 Å². The van der Waals surface area contributed by atoms with Gasteiger partial charge in [0.2, 0.25) is 0 Å². The minimum Gasteiger partial charge on any atom is -0.493 e. The van der Waals surface area contributed by atoms with Crippen LogP contribution in [0.3, 0.4) is 0 Å². The number of methoxy groups -OCH3 is 1. The van der Waals surface area contributed by atoms with Crippen molar-refractivity contribution in [3.05, 3.63) is 34.3 Å². The van der Waals surface area contributed by atoms with E-state index in [1.807, 2.05) is 16.1 Å². The van der Waals surface area contributed by atoms with E-state index in [1.165, 1.54) is 0 Å². The second-order valence-corrected chi connectivity index (χ2v) is 4.95. The van der Waals surface area contributed by atoms with Crippen LogP contribution in [-0.4, -0.2) is 22.0 Å². The summed E-state index contributed by atoms with van der Waals surface area (Å²) in [6.45, 7) is 2.88. The van der Waals surface area contributed by atoms with Gasteiger partial charge in [0.05, 0.1) is 13.3 Å². The molecule has 0 spiro atoms. The Bertz CT molecular complexity index is 479. The van der Waals surface area contributed by atoms with Gasteiger partial charge in [-0.2, -0.15) is 16.4 Å². The number of hydrogen-bond donors (Lipinski definition) is 1. The normalized spacial score (nSPS) is 12.6. The maximum atomic E-state index is 10.4. The summed E-state index contributed by atoms with van der Waals surface area (Å²) in [6, 6.07) is 2.03. The van der Waals surface area contributed by atoms with Gasteiger partial charge in [-0.25, -0.2) is 0 Å². The Morgan fingerprint density at radius 2 is 2.39 bits per heavy atom. The maximum absolute atomic E-state index is 10.4. The van der Waals surface area contributed by atoms with E-state index in [9.17, 15) is 5.11 Å². The second kappa shape index (κ2) is 6.02. The molecule has 2 aromatic heterocycles. The van der Waals surface area contributed by atoms with Crippen LogP contribution in [0.2, 0.25) is 0 Å². The molecule has 0 saturated carbocycles. The highest BCUT2D eigenvalue weighted by molar-refractivity contribution is 7.07. The van der Waals surface area contributed by atoms with E-state index in [2.05, 4.69) is 17.4 Å². The molecule has 1 unspecified atom stereocenters. The SMILES string of the molecule is CCCn1ncc(OC)c1C(O)Cc1ccsc1. The highest BCUT2D eigenvalue weighted by Gasteiger charge is 2.20. The van der Waals surface area contributed by atoms with E-state index < -0.39 is 6.10 Å². The molecule has 2 heterocycles. The lowest BCUT2D eigenvalue weighted by Gasteiger charge is -2.14. The van der Waals surface area contributed by atoms with Gasteiger partial charge in [0.25, 0.3) is 0 Å². The lowest BCUT2D eigenvalue weighted by molar-refractivity contribution is 0.162. The van der Waals surface area contributed by atoms with Gasteiger partial charge in [-0.3, -0.25) is 4.68 Å². The zero-order valence-electron chi connectivity index (χ0n) is 10.7. The van der Waals surface area contributed by atoms with E-state index in [0.717, 1.165) is 24.2 Å². The number of aryl methyl sites for hydroxylation is 1. The first-order chi connectivity index (χ1) is 8.76. The average Bonchev–Trinajstić information content (AvgIpc) is 2.98. The fourth-order valence-corrected chi connectivity index (χ4v) is 2.67. The van der Waals surface area contributed by atoms with Crippen molar-refractivity contribution in [3.8, 4) is 5.75 Å². The van der Waals surface area contributed by atoms with Gasteiger partial charge in [0, 0.05) is 13.0 Å². The van der Waals surface area contributed by atoms with Gasteiger partial charge in [0.15, 0.2) is 5.75 Å². The number of aromatic nitrogens is 2. The zero-order chi connectivity index (χ0) is 13.0. The molecule has 0 fully saturated rings. The average molecular weight is 266 g/mol. The molecule has 2 rings (SSSR count). The third-order valence-electron chi connectivity index (χ3n) is 2.83. The smallest absolute Gasteiger partial charge is 0.162 e. The van der Waals surface area contributed by atoms with Crippen molar-refractivity contribution in [2.24, 2.45) is 0 Å². The Hall–Kier alpha value is -1.33. The van der Waals surface area contributed by atoms with Crippen LogP contribution >= 0.6 is 11.3 Å². The number of aliphatic hydroxyl groups is 1. The van der Waals surface area contributed by atoms with E-state index in [0.29, 0.717) is 12.2 Å². The Kier molecular flexibility index (Phi) is 4.38. The van der Waals surface area contributed by atoms with E-state index >= 15 is 0 Å². The van der Waals surface area contributed by atoms with Crippen molar-refractivity contribution in [2.75, 3.05) is 7.11 Å². The topological polar surface area (TPSA) is 47.3 Å². The quantitative estimate of drug-likeness (QED) is 0.874. The van der Waals surface area contributed by atoms with Gasteiger partial charge < -0.3 is 9.84 Å². The van der Waals surface area contributed by atoms with E-state index in [1.54, 1.807) is 24.6 Å². The minimum absolute atomic E-state index is 0.580. The van der Waals surface area contributed by atoms with Crippen molar-refractivity contribution < 1.29 is 9.84 Å². The van der Waals surface area contributed by atoms with Crippen molar-refractivity contribution in [1.82, 2.24) is 9.78 Å². The number of thiophene rings is 1. The summed E-state index contributed by atoms with van der Waals surface area (Å²) in [5.74, 6) is 0.658. The van der Waals surface area contributed by atoms with Crippen LogP contribution in [-0.2, 0) is 13.0 Å². The molecular formula is C13H18N2O2S. The van der Waals surface area contributed by atoms with Crippen LogP contribution in [0.5, 0.6) is 5.75 Å². The van der Waals surface area contributed by atoms with Crippen molar-refractivity contribution in [1.29, 1.82) is 0 Å². The van der Waals surface area contributed by atoms with Crippen molar-refractivity contribution >= 4 is 11.3 Å². The molecular weight excluding hydrogens is 248 g/mol. The first-order valence-corrected chi connectivity index (χ1v) is 6.99. The predicted molar refractivity (Wildman–Crippen MR) is 72.1 cm³/mol. The number of hydrogen-bond acceptors (Lipinski definition) is 4. The van der Waals surface area contributed by atoms with Crippen LogP contribution in [0.25, 0.3) is 0 Å². The molecule has 98 valence electrons. The number of aliphatic hydroxyl groups excluding tert-OH is 1. The summed E-state index contributed by atoms with van der Waals surface area (Å²) in [7, 11) is 1.61. The van der Waals surface area contributed by atoms with Gasteiger partial charge in [-0.15, -0.1) is 0 Å². The predicted octanol–water partition coefficient (Wildman–Crippen LogP) is 2.64. The molecule has 0 aromatic carbocycles. The highest BCUT2D eigenvalue weighted by Crippen LogP contribution is 2.28. The van der Waals surface area contributed by atoms with Crippen LogP contribution in [0.15, 0.2) is 23.0 Å². The standard InChI is InChI=1S/C13H18N2O2S/c1-3-5-15-13(12(17-2)8-14-15)11(16)7-10-4-6-18-9-10/h4,6,8-9,11,16H,3,5,7H2,1-2H3. The third-order valence-corrected chi connectivity index (χ3v) is 3.56. The minimum atomic E-state index is -0.580. The van der Waals surface area contributed by atoms with Gasteiger partial charge >= 0.3 is 0 Å². The first-order valence-electron chi connectivity index (χ1n) is 6.05. The Morgan fingerprint density at radius 3 is 3.00 bits per heavy atom. The molecule has 2 aromatic rings. The lowest BCUT2D eigenvalue weighted by atomic mass is 10.1. The fourth-order valence-electron chi connectivity index (χ4n) is 1.99. The molecule has 4 nitrogen and oxygen atoms in total. The summed E-state index contributed by atoms with van der Waals surface area (Å²) in [5.41, 5.74) is 1.91. The molecule has 0 aliphatic carbocycles. The first kappa shape index (κ1) is 13.1. The molecule has 0 saturated heterocycles. The summed E-state index contributed by atoms with van der Waals surface area (Å²) in [5, 5.41) is 18.7. The number of ether oxygens (including phenoxy) is 1. The van der Waals surface area contributed by atoms with Crippen molar-refractivity contribution in [2.45, 2.75) is 32.4 Å². The summed E-state index contributed by atoms with van der Waals surface area (Å²) in [6.07, 6.45) is 2.66. The molecule has 1 N–H and O–H groups in total. The summed E-state index contributed by atoms with van der Waals surface area (Å²) < 4.78 is 7.10. The molecule has 1 atom stereocenters. The van der Waals surface area contributed by atoms with E-state index in [-0.39, 0.29) is 0 Å². The largest absolute Gasteiger partial charge is 0.493 e. The van der Waals surface area contributed by atoms with Crippen LogP contribution in [0.4, 0.5) is 0 Å².